The lowest BCUT2D eigenvalue weighted by Crippen LogP contribution is -3.14. The Morgan fingerprint density at radius 1 is 1.19 bits per heavy atom. The van der Waals surface area contributed by atoms with Crippen LogP contribution in [0, 0.1) is 0 Å². The summed E-state index contributed by atoms with van der Waals surface area (Å²) in [6, 6.07) is 7.00. The number of methoxy groups -OCH3 is 1. The third-order valence-corrected chi connectivity index (χ3v) is 6.54. The van der Waals surface area contributed by atoms with Crippen LogP contribution in [0.5, 0.6) is 5.75 Å². The summed E-state index contributed by atoms with van der Waals surface area (Å²) in [5.41, 5.74) is -0.0653. The Bertz CT molecular complexity index is 779. The van der Waals surface area contributed by atoms with Crippen LogP contribution in [-0.2, 0) is 19.4 Å². The van der Waals surface area contributed by atoms with E-state index in [0.717, 1.165) is 4.90 Å². The van der Waals surface area contributed by atoms with Crippen LogP contribution in [-0.4, -0.2) is 64.0 Å². The Morgan fingerprint density at radius 3 is 2.33 bits per heavy atom. The molecule has 0 aliphatic carbocycles. The lowest BCUT2D eigenvalue weighted by molar-refractivity contribution is -0.881. The molecule has 0 spiro atoms. The number of sulfone groups is 1. The molecule has 1 aromatic carbocycles. The number of likely N-dealkylation sites (N-methyl/N-ethyl adjacent to an activating group) is 1. The van der Waals surface area contributed by atoms with Gasteiger partial charge in [0.2, 0.25) is 0 Å². The lowest BCUT2D eigenvalue weighted by Gasteiger charge is -2.25. The summed E-state index contributed by atoms with van der Waals surface area (Å²) in [6.07, 6.45) is 0.417. The van der Waals surface area contributed by atoms with Crippen molar-refractivity contribution in [3.8, 4) is 5.75 Å². The molecule has 3 N–H and O–H groups in total. The van der Waals surface area contributed by atoms with Gasteiger partial charge in [-0.25, -0.2) is 8.42 Å². The van der Waals surface area contributed by atoms with Crippen LogP contribution in [0.4, 0.5) is 5.69 Å². The molecule has 8 nitrogen and oxygen atoms in total. The molecule has 1 fully saturated rings. The third-order valence-electron chi connectivity index (χ3n) is 4.64. The molecule has 27 heavy (non-hydrogen) atoms. The van der Waals surface area contributed by atoms with Crippen LogP contribution in [0.25, 0.3) is 0 Å². The van der Waals surface area contributed by atoms with Gasteiger partial charge >= 0.3 is 0 Å². The number of amides is 2. The van der Waals surface area contributed by atoms with Gasteiger partial charge in [0.1, 0.15) is 5.75 Å². The molecule has 1 heterocycles. The highest BCUT2D eigenvalue weighted by molar-refractivity contribution is 7.91. The second kappa shape index (κ2) is 8.71. The first-order valence-corrected chi connectivity index (χ1v) is 10.8. The van der Waals surface area contributed by atoms with Crippen LogP contribution in [0.2, 0.25) is 0 Å². The first-order valence-electron chi connectivity index (χ1n) is 8.93. The van der Waals surface area contributed by atoms with Gasteiger partial charge in [-0.3, -0.25) is 9.59 Å². The predicted octanol–water partition coefficient (Wildman–Crippen LogP) is -0.768. The number of benzene rings is 1. The summed E-state index contributed by atoms with van der Waals surface area (Å²) in [7, 11) is -1.51. The second-order valence-corrected chi connectivity index (χ2v) is 9.37. The summed E-state index contributed by atoms with van der Waals surface area (Å²) >= 11 is 0. The minimum absolute atomic E-state index is 0.0366. The minimum atomic E-state index is -3.09. The Morgan fingerprint density at radius 2 is 1.81 bits per heavy atom. The highest BCUT2D eigenvalue weighted by Gasteiger charge is 2.39. The Labute approximate surface area is 160 Å². The molecule has 0 aromatic heterocycles. The van der Waals surface area contributed by atoms with Crippen molar-refractivity contribution < 1.29 is 27.6 Å². The molecule has 1 aliphatic heterocycles. The van der Waals surface area contributed by atoms with E-state index in [1.165, 1.54) is 0 Å². The van der Waals surface area contributed by atoms with E-state index in [2.05, 4.69) is 10.6 Å². The molecule has 1 unspecified atom stereocenters. The Balaban J connectivity index is 1.85. The van der Waals surface area contributed by atoms with Gasteiger partial charge in [-0.05, 0) is 44.5 Å². The normalized spacial score (nSPS) is 22.0. The summed E-state index contributed by atoms with van der Waals surface area (Å²) in [5.74, 6) is 0.319. The summed E-state index contributed by atoms with van der Waals surface area (Å²) in [5, 5.41) is 5.62. The number of rotatable bonds is 8. The lowest BCUT2D eigenvalue weighted by atomic mass is 10.0. The van der Waals surface area contributed by atoms with E-state index in [4.69, 9.17) is 4.74 Å². The fourth-order valence-corrected chi connectivity index (χ4v) is 5.23. The minimum Gasteiger partial charge on any atom is -0.497 e. The van der Waals surface area contributed by atoms with Crippen molar-refractivity contribution >= 4 is 27.3 Å². The van der Waals surface area contributed by atoms with Gasteiger partial charge in [0.05, 0.1) is 30.7 Å². The molecule has 2 amide bonds. The molecular formula is C18H28N3O5S+. The molecule has 150 valence electrons. The fourth-order valence-electron chi connectivity index (χ4n) is 3.14. The number of hydrogen-bond donors (Lipinski definition) is 3. The number of ether oxygens (including phenoxy) is 1. The van der Waals surface area contributed by atoms with E-state index in [9.17, 15) is 18.0 Å². The topological polar surface area (TPSA) is 106 Å². The monoisotopic (exact) mass is 398 g/mol. The number of hydrogen-bond acceptors (Lipinski definition) is 5. The summed E-state index contributed by atoms with van der Waals surface area (Å²) < 4.78 is 28.4. The number of carbonyl (C=O) groups excluding carboxylic acids is 2. The van der Waals surface area contributed by atoms with E-state index in [1.54, 1.807) is 38.3 Å². The van der Waals surface area contributed by atoms with Gasteiger partial charge in [0.25, 0.3) is 11.8 Å². The number of nitrogens with one attached hydrogen (secondary N) is 3. The van der Waals surface area contributed by atoms with Gasteiger partial charge in [-0.1, -0.05) is 0 Å². The van der Waals surface area contributed by atoms with Crippen LogP contribution in [0.15, 0.2) is 24.3 Å². The molecule has 0 saturated carbocycles. The predicted molar refractivity (Wildman–Crippen MR) is 103 cm³/mol. The van der Waals surface area contributed by atoms with Crippen LogP contribution in [0.3, 0.4) is 0 Å². The summed E-state index contributed by atoms with van der Waals surface area (Å²) in [4.78, 5) is 25.4. The van der Waals surface area contributed by atoms with Crippen molar-refractivity contribution in [1.29, 1.82) is 0 Å². The van der Waals surface area contributed by atoms with Gasteiger partial charge in [-0.2, -0.15) is 0 Å². The Hall–Kier alpha value is -2.13. The van der Waals surface area contributed by atoms with Crippen molar-refractivity contribution in [2.75, 3.05) is 43.6 Å². The first kappa shape index (κ1) is 21.2. The zero-order valence-corrected chi connectivity index (χ0v) is 16.8. The molecule has 1 aromatic rings. The SMILES string of the molecule is CC[NH+](CC(=O)Nc1ccc(OC)cc1)CC(=O)N[C@@]1(C)CCS(=O)(=O)C1. The van der Waals surface area contributed by atoms with Crippen molar-refractivity contribution in [3.05, 3.63) is 24.3 Å². The number of carbonyl (C=O) groups is 2. The maximum absolute atomic E-state index is 12.3. The van der Waals surface area contributed by atoms with E-state index >= 15 is 0 Å². The molecular weight excluding hydrogens is 370 g/mol. The first-order chi connectivity index (χ1) is 12.6. The second-order valence-electron chi connectivity index (χ2n) is 7.18. The standard InChI is InChI=1S/C18H27N3O5S/c1-4-21(11-16(22)19-14-5-7-15(26-3)8-6-14)12-17(23)20-18(2)9-10-27(24,25)13-18/h5-8H,4,9-13H2,1-3H3,(H,19,22)(H,20,23)/p+1/t18-/m0/s1. The zero-order valence-electron chi connectivity index (χ0n) is 16.0. The zero-order chi connectivity index (χ0) is 20.1. The average molecular weight is 399 g/mol. The third kappa shape index (κ3) is 6.51. The van der Waals surface area contributed by atoms with Gasteiger partial charge in [0, 0.05) is 5.69 Å². The Kier molecular flexibility index (Phi) is 6.83. The molecule has 1 saturated heterocycles. The van der Waals surface area contributed by atoms with E-state index in [-0.39, 0.29) is 36.4 Å². The van der Waals surface area contributed by atoms with E-state index < -0.39 is 15.4 Å². The van der Waals surface area contributed by atoms with Crippen molar-refractivity contribution in [2.24, 2.45) is 0 Å². The van der Waals surface area contributed by atoms with E-state index in [1.807, 2.05) is 6.92 Å². The quantitative estimate of drug-likeness (QED) is 0.533. The molecule has 0 bridgehead atoms. The molecule has 1 aliphatic rings. The van der Waals surface area contributed by atoms with Crippen LogP contribution >= 0.6 is 0 Å². The molecule has 0 radical (unpaired) electrons. The maximum Gasteiger partial charge on any atom is 0.279 e. The van der Waals surface area contributed by atoms with Crippen LogP contribution in [0.1, 0.15) is 20.3 Å². The highest BCUT2D eigenvalue weighted by atomic mass is 32.2. The molecule has 2 rings (SSSR count). The van der Waals surface area contributed by atoms with Crippen molar-refractivity contribution in [2.45, 2.75) is 25.8 Å². The van der Waals surface area contributed by atoms with Gasteiger partial charge in [-0.15, -0.1) is 0 Å². The average Bonchev–Trinajstić information content (AvgIpc) is 2.87. The number of quaternary nitrogens is 1. The van der Waals surface area contributed by atoms with Crippen molar-refractivity contribution in [1.82, 2.24) is 5.32 Å². The van der Waals surface area contributed by atoms with Gasteiger partial charge < -0.3 is 20.3 Å². The highest BCUT2D eigenvalue weighted by Crippen LogP contribution is 2.22. The fraction of sp³-hybridized carbons (Fsp3) is 0.556. The van der Waals surface area contributed by atoms with Gasteiger partial charge in [0.15, 0.2) is 22.9 Å². The van der Waals surface area contributed by atoms with Crippen LogP contribution < -0.4 is 20.3 Å². The summed E-state index contributed by atoms with van der Waals surface area (Å²) in [6.45, 7) is 4.49. The van der Waals surface area contributed by atoms with Crippen molar-refractivity contribution in [3.63, 3.8) is 0 Å². The largest absolute Gasteiger partial charge is 0.497 e. The number of anilines is 1. The molecule has 2 atom stereocenters. The molecule has 9 heteroatoms. The smallest absolute Gasteiger partial charge is 0.279 e. The maximum atomic E-state index is 12.3. The van der Waals surface area contributed by atoms with E-state index in [0.29, 0.717) is 24.4 Å².